The van der Waals surface area contributed by atoms with Gasteiger partial charge in [-0.1, -0.05) is 135 Å². The average Bonchev–Trinajstić information content (AvgIpc) is 3.74. The van der Waals surface area contributed by atoms with Gasteiger partial charge in [0.2, 0.25) is 0 Å². The molecule has 3 aromatic heterocycles. The topological polar surface area (TPSA) is 22.8 Å². The Kier molecular flexibility index (Phi) is 7.73. The third kappa shape index (κ3) is 5.15. The summed E-state index contributed by atoms with van der Waals surface area (Å²) in [5.41, 5.74) is 11.7. The molecule has 0 saturated carbocycles. The second-order valence-corrected chi connectivity index (χ2v) is 14.2. The van der Waals surface area contributed by atoms with Gasteiger partial charge in [-0.25, -0.2) is 0 Å². The second-order valence-electron chi connectivity index (χ2n) is 14.2. The van der Waals surface area contributed by atoms with E-state index in [1.165, 1.54) is 82.3 Å². The van der Waals surface area contributed by atoms with Gasteiger partial charge in [0.25, 0.3) is 0 Å². The average molecular weight is 694 g/mol. The molecule has 0 aliphatic heterocycles. The van der Waals surface area contributed by atoms with Crippen LogP contribution in [0.5, 0.6) is 0 Å². The van der Waals surface area contributed by atoms with Gasteiger partial charge in [-0.05, 0) is 83.6 Å². The Morgan fingerprint density at radius 2 is 1.07 bits per heavy atom. The van der Waals surface area contributed by atoms with E-state index in [0.717, 1.165) is 17.6 Å². The van der Waals surface area contributed by atoms with Gasteiger partial charge in [-0.15, -0.1) is 0 Å². The summed E-state index contributed by atoms with van der Waals surface area (Å²) in [5, 5.41) is 8.68. The minimum atomic E-state index is 0.113. The number of nitrogens with zero attached hydrogens (tertiary/aromatic N) is 3. The van der Waals surface area contributed by atoms with Crippen molar-refractivity contribution >= 4 is 71.0 Å². The second kappa shape index (κ2) is 13.1. The molecule has 258 valence electrons. The standard InChI is InChI=1S/C51H39N3/c1-3-15-37(29-26-34(2)51-43-22-8-7-18-39(43)40-19-9-12-23-46(40)52-51)53-47-24-13-10-20-41(47)44-32-35(27-30-49(44)53)36-28-31-50-45(33-36)42-21-11-14-25-48(42)54(50)38-16-5-4-6-17-38/h4-34H,3H2,1-2H3/b29-26-,37-15+. The van der Waals surface area contributed by atoms with Crippen molar-refractivity contribution in [2.24, 2.45) is 0 Å². The summed E-state index contributed by atoms with van der Waals surface area (Å²) in [5.74, 6) is 0.113. The van der Waals surface area contributed by atoms with Crippen LogP contribution < -0.4 is 0 Å². The zero-order valence-corrected chi connectivity index (χ0v) is 30.4. The number of allylic oxidation sites excluding steroid dienone is 4. The van der Waals surface area contributed by atoms with Crippen LogP contribution >= 0.6 is 0 Å². The van der Waals surface area contributed by atoms with Gasteiger partial charge in [0.1, 0.15) is 0 Å². The zero-order chi connectivity index (χ0) is 36.2. The summed E-state index contributed by atoms with van der Waals surface area (Å²) in [6.07, 6.45) is 7.89. The summed E-state index contributed by atoms with van der Waals surface area (Å²) in [6, 6.07) is 59.3. The highest BCUT2D eigenvalue weighted by Gasteiger charge is 2.17. The maximum Gasteiger partial charge on any atom is 0.0712 e. The van der Waals surface area contributed by atoms with Crippen LogP contribution in [0.2, 0.25) is 0 Å². The first-order chi connectivity index (χ1) is 26.7. The Morgan fingerprint density at radius 3 is 1.81 bits per heavy atom. The number of fused-ring (bicyclic) bond motifs is 9. The summed E-state index contributed by atoms with van der Waals surface area (Å²) >= 11 is 0. The Morgan fingerprint density at radius 1 is 0.537 bits per heavy atom. The lowest BCUT2D eigenvalue weighted by molar-refractivity contribution is 0.930. The summed E-state index contributed by atoms with van der Waals surface area (Å²) in [7, 11) is 0. The number of pyridine rings is 1. The van der Waals surface area contributed by atoms with Crippen molar-refractivity contribution in [1.82, 2.24) is 14.1 Å². The van der Waals surface area contributed by atoms with Gasteiger partial charge in [0, 0.05) is 49.6 Å². The molecule has 10 rings (SSSR count). The minimum Gasteiger partial charge on any atom is -0.310 e. The molecule has 0 N–H and O–H groups in total. The quantitative estimate of drug-likeness (QED) is 0.120. The van der Waals surface area contributed by atoms with E-state index in [2.05, 4.69) is 205 Å². The van der Waals surface area contributed by atoms with Gasteiger partial charge in [-0.3, -0.25) is 4.98 Å². The van der Waals surface area contributed by atoms with Crippen molar-refractivity contribution in [3.05, 3.63) is 188 Å². The largest absolute Gasteiger partial charge is 0.310 e. The lowest BCUT2D eigenvalue weighted by atomic mass is 9.97. The van der Waals surface area contributed by atoms with Gasteiger partial charge in [0.05, 0.1) is 33.3 Å². The summed E-state index contributed by atoms with van der Waals surface area (Å²) in [6.45, 7) is 4.47. The van der Waals surface area contributed by atoms with E-state index in [4.69, 9.17) is 4.98 Å². The summed E-state index contributed by atoms with van der Waals surface area (Å²) in [4.78, 5) is 5.20. The first-order valence-electron chi connectivity index (χ1n) is 19.0. The molecule has 0 radical (unpaired) electrons. The number of aromatic nitrogens is 3. The first-order valence-corrected chi connectivity index (χ1v) is 19.0. The number of para-hydroxylation sites is 4. The van der Waals surface area contributed by atoms with E-state index in [-0.39, 0.29) is 5.92 Å². The molecular weight excluding hydrogens is 655 g/mol. The molecule has 1 unspecified atom stereocenters. The van der Waals surface area contributed by atoms with Crippen molar-refractivity contribution < 1.29 is 0 Å². The third-order valence-corrected chi connectivity index (χ3v) is 11.0. The number of hydrogen-bond acceptors (Lipinski definition) is 1. The predicted octanol–water partition coefficient (Wildman–Crippen LogP) is 13.9. The first kappa shape index (κ1) is 32.0. The molecule has 3 nitrogen and oxygen atoms in total. The molecule has 7 aromatic carbocycles. The van der Waals surface area contributed by atoms with Crippen LogP contribution in [0.15, 0.2) is 182 Å². The minimum absolute atomic E-state index is 0.113. The Labute approximate surface area is 314 Å². The van der Waals surface area contributed by atoms with Crippen LogP contribution in [0.1, 0.15) is 31.9 Å². The number of benzene rings is 7. The molecule has 10 aromatic rings. The SMILES string of the molecule is CC/C=C(\C=C/C(C)c1nc2ccccc2c2ccccc12)n1c2ccccc2c2cc(-c3ccc4c(c3)c3ccccc3n4-c3ccccc3)ccc21. The fourth-order valence-corrected chi connectivity index (χ4v) is 8.49. The van der Waals surface area contributed by atoms with Crippen LogP contribution in [0.4, 0.5) is 0 Å². The van der Waals surface area contributed by atoms with Crippen molar-refractivity contribution in [1.29, 1.82) is 0 Å². The molecule has 0 amide bonds. The molecule has 0 fully saturated rings. The van der Waals surface area contributed by atoms with Crippen molar-refractivity contribution in [2.45, 2.75) is 26.2 Å². The third-order valence-electron chi connectivity index (χ3n) is 11.0. The fourth-order valence-electron chi connectivity index (χ4n) is 8.49. The highest BCUT2D eigenvalue weighted by molar-refractivity contribution is 6.13. The number of hydrogen-bond donors (Lipinski definition) is 0. The number of rotatable bonds is 7. The highest BCUT2D eigenvalue weighted by atomic mass is 15.0. The van der Waals surface area contributed by atoms with Crippen molar-refractivity contribution in [2.75, 3.05) is 0 Å². The molecular formula is C51H39N3. The lowest BCUT2D eigenvalue weighted by Crippen LogP contribution is -1.99. The van der Waals surface area contributed by atoms with Crippen LogP contribution in [-0.2, 0) is 0 Å². The zero-order valence-electron chi connectivity index (χ0n) is 30.4. The van der Waals surface area contributed by atoms with Gasteiger partial charge in [-0.2, -0.15) is 0 Å². The molecule has 0 saturated heterocycles. The lowest BCUT2D eigenvalue weighted by Gasteiger charge is -2.14. The van der Waals surface area contributed by atoms with Gasteiger partial charge in [0.15, 0.2) is 0 Å². The van der Waals surface area contributed by atoms with Crippen LogP contribution in [0, 0.1) is 0 Å². The maximum atomic E-state index is 5.20. The Bertz CT molecular complexity index is 3100. The molecule has 0 bridgehead atoms. The predicted molar refractivity (Wildman–Crippen MR) is 231 cm³/mol. The molecule has 1 atom stereocenters. The monoisotopic (exact) mass is 693 g/mol. The van der Waals surface area contributed by atoms with Crippen LogP contribution in [0.3, 0.4) is 0 Å². The molecule has 0 spiro atoms. The van der Waals surface area contributed by atoms with Crippen LogP contribution in [-0.4, -0.2) is 14.1 Å². The Hall–Kier alpha value is -6.71. The van der Waals surface area contributed by atoms with E-state index >= 15 is 0 Å². The van der Waals surface area contributed by atoms with E-state index in [1.54, 1.807) is 0 Å². The molecule has 0 aliphatic carbocycles. The van der Waals surface area contributed by atoms with E-state index in [1.807, 2.05) is 0 Å². The van der Waals surface area contributed by atoms with Gasteiger partial charge < -0.3 is 9.13 Å². The normalized spacial score (nSPS) is 13.0. The van der Waals surface area contributed by atoms with E-state index < -0.39 is 0 Å². The molecule has 3 heterocycles. The fraction of sp³-hybridized carbons (Fsp3) is 0.0784. The molecule has 54 heavy (non-hydrogen) atoms. The van der Waals surface area contributed by atoms with E-state index in [9.17, 15) is 0 Å². The molecule has 0 aliphatic rings. The Balaban J connectivity index is 1.08. The van der Waals surface area contributed by atoms with Crippen LogP contribution in [0.25, 0.3) is 87.8 Å². The highest BCUT2D eigenvalue weighted by Crippen LogP contribution is 2.39. The summed E-state index contributed by atoms with van der Waals surface area (Å²) < 4.78 is 4.81. The van der Waals surface area contributed by atoms with E-state index in [0.29, 0.717) is 0 Å². The van der Waals surface area contributed by atoms with Crippen molar-refractivity contribution in [3.63, 3.8) is 0 Å². The maximum absolute atomic E-state index is 5.20. The smallest absolute Gasteiger partial charge is 0.0712 e. The molecule has 3 heteroatoms. The van der Waals surface area contributed by atoms with Crippen molar-refractivity contribution in [3.8, 4) is 16.8 Å². The van der Waals surface area contributed by atoms with Gasteiger partial charge >= 0.3 is 0 Å².